The number of amides is 1. The Bertz CT molecular complexity index is 798. The molecule has 0 heterocycles. The van der Waals surface area contributed by atoms with E-state index in [4.69, 9.17) is 17.0 Å². The van der Waals surface area contributed by atoms with Gasteiger partial charge in [0, 0.05) is 15.7 Å². The minimum absolute atomic E-state index is 0.00164. The van der Waals surface area contributed by atoms with E-state index >= 15 is 0 Å². The lowest BCUT2D eigenvalue weighted by molar-refractivity contribution is 0.0977. The molecule has 0 saturated heterocycles. The molecule has 0 aliphatic rings. The van der Waals surface area contributed by atoms with Gasteiger partial charge in [-0.05, 0) is 66.5 Å². The molecule has 0 aromatic heterocycles. The van der Waals surface area contributed by atoms with Crippen molar-refractivity contribution in [3.63, 3.8) is 0 Å². The number of carbonyl (C=O) groups is 1. The van der Waals surface area contributed by atoms with Gasteiger partial charge in [0.05, 0.1) is 6.61 Å². The highest BCUT2D eigenvalue weighted by Gasteiger charge is 2.18. The van der Waals surface area contributed by atoms with E-state index in [1.54, 1.807) is 6.07 Å². The molecule has 0 saturated carbocycles. The first-order valence-electron chi connectivity index (χ1n) is 8.36. The predicted molar refractivity (Wildman–Crippen MR) is 114 cm³/mol. The third kappa shape index (κ3) is 5.54. The highest BCUT2D eigenvalue weighted by Crippen LogP contribution is 2.30. The van der Waals surface area contributed by atoms with Gasteiger partial charge in [-0.2, -0.15) is 0 Å². The van der Waals surface area contributed by atoms with Crippen molar-refractivity contribution in [2.45, 2.75) is 33.1 Å². The van der Waals surface area contributed by atoms with E-state index in [-0.39, 0.29) is 16.4 Å². The molecule has 26 heavy (non-hydrogen) atoms. The zero-order valence-electron chi connectivity index (χ0n) is 15.4. The lowest BCUT2D eigenvalue weighted by Gasteiger charge is -2.21. The van der Waals surface area contributed by atoms with Crippen LogP contribution in [-0.4, -0.2) is 17.6 Å². The molecule has 0 fully saturated rings. The molecule has 2 aromatic carbocycles. The third-order valence-corrected chi connectivity index (χ3v) is 4.55. The number of hydrogen-bond acceptors (Lipinski definition) is 3. The van der Waals surface area contributed by atoms with Gasteiger partial charge in [-0.1, -0.05) is 42.8 Å². The zero-order valence-corrected chi connectivity index (χ0v) is 17.8. The van der Waals surface area contributed by atoms with Gasteiger partial charge < -0.3 is 10.1 Å². The van der Waals surface area contributed by atoms with E-state index in [0.29, 0.717) is 12.2 Å². The number of hydrogen-bond donors (Lipinski definition) is 2. The topological polar surface area (TPSA) is 50.4 Å². The Morgan fingerprint density at radius 1 is 1.15 bits per heavy atom. The van der Waals surface area contributed by atoms with E-state index in [1.807, 2.05) is 43.3 Å². The number of rotatable bonds is 4. The van der Waals surface area contributed by atoms with Crippen LogP contribution in [0.25, 0.3) is 0 Å². The van der Waals surface area contributed by atoms with E-state index < -0.39 is 0 Å². The smallest absolute Gasteiger partial charge is 0.257 e. The summed E-state index contributed by atoms with van der Waals surface area (Å²) in [6.45, 7) is 8.93. The average molecular weight is 435 g/mol. The Labute approximate surface area is 168 Å². The summed E-state index contributed by atoms with van der Waals surface area (Å²) in [5.74, 6) is 0.534. The summed E-state index contributed by atoms with van der Waals surface area (Å²) in [5, 5.41) is 5.94. The molecule has 2 N–H and O–H groups in total. The van der Waals surface area contributed by atoms with Crippen molar-refractivity contribution in [3.8, 4) is 5.75 Å². The Morgan fingerprint density at radius 2 is 1.81 bits per heavy atom. The maximum absolute atomic E-state index is 12.4. The number of halogens is 1. The first kappa shape index (κ1) is 20.4. The van der Waals surface area contributed by atoms with Gasteiger partial charge >= 0.3 is 0 Å². The second-order valence-electron chi connectivity index (χ2n) is 6.81. The molecule has 0 aliphatic carbocycles. The SMILES string of the molecule is CCOc1ccc(NC(=S)NC(=O)c2ccc(C(C)(C)C)c(Br)c2)cc1. The fourth-order valence-electron chi connectivity index (χ4n) is 2.40. The lowest BCUT2D eigenvalue weighted by Crippen LogP contribution is -2.34. The summed E-state index contributed by atoms with van der Waals surface area (Å²) in [5.41, 5.74) is 2.46. The average Bonchev–Trinajstić information content (AvgIpc) is 2.55. The van der Waals surface area contributed by atoms with Crippen LogP contribution in [0.5, 0.6) is 5.75 Å². The molecule has 4 nitrogen and oxygen atoms in total. The minimum Gasteiger partial charge on any atom is -0.494 e. The van der Waals surface area contributed by atoms with Crippen LogP contribution < -0.4 is 15.4 Å². The maximum Gasteiger partial charge on any atom is 0.257 e. The van der Waals surface area contributed by atoms with E-state index in [9.17, 15) is 4.79 Å². The van der Waals surface area contributed by atoms with Crippen molar-refractivity contribution in [1.29, 1.82) is 0 Å². The van der Waals surface area contributed by atoms with E-state index in [0.717, 1.165) is 21.5 Å². The Hall–Kier alpha value is -1.92. The molecule has 6 heteroatoms. The fourth-order valence-corrected chi connectivity index (χ4v) is 3.59. The van der Waals surface area contributed by atoms with Gasteiger partial charge in [-0.3, -0.25) is 10.1 Å². The van der Waals surface area contributed by atoms with Gasteiger partial charge in [0.2, 0.25) is 0 Å². The molecule has 138 valence electrons. The largest absolute Gasteiger partial charge is 0.494 e. The van der Waals surface area contributed by atoms with Crippen molar-refractivity contribution in [3.05, 3.63) is 58.1 Å². The Kier molecular flexibility index (Phi) is 6.78. The highest BCUT2D eigenvalue weighted by atomic mass is 79.9. The number of benzene rings is 2. The van der Waals surface area contributed by atoms with Crippen LogP contribution in [0.15, 0.2) is 46.9 Å². The molecule has 1 amide bonds. The molecule has 0 spiro atoms. The zero-order chi connectivity index (χ0) is 19.3. The fraction of sp³-hybridized carbons (Fsp3) is 0.300. The highest BCUT2D eigenvalue weighted by molar-refractivity contribution is 9.10. The van der Waals surface area contributed by atoms with Crippen LogP contribution in [0.2, 0.25) is 0 Å². The first-order chi connectivity index (χ1) is 12.2. The second kappa shape index (κ2) is 8.64. The second-order valence-corrected chi connectivity index (χ2v) is 8.07. The van der Waals surface area contributed by atoms with Gasteiger partial charge in [-0.25, -0.2) is 0 Å². The molecular weight excluding hydrogens is 412 g/mol. The summed E-state index contributed by atoms with van der Waals surface area (Å²) in [7, 11) is 0. The molecule has 2 rings (SSSR count). The molecule has 0 bridgehead atoms. The maximum atomic E-state index is 12.4. The number of carbonyl (C=O) groups excluding carboxylic acids is 1. The van der Waals surface area contributed by atoms with Crippen molar-refractivity contribution in [2.24, 2.45) is 0 Å². The normalized spacial score (nSPS) is 11.0. The lowest BCUT2D eigenvalue weighted by atomic mass is 9.86. The van der Waals surface area contributed by atoms with Crippen molar-refractivity contribution in [1.82, 2.24) is 5.32 Å². The van der Waals surface area contributed by atoms with Crippen LogP contribution in [0, 0.1) is 0 Å². The quantitative estimate of drug-likeness (QED) is 0.643. The molecular formula is C20H23BrN2O2S. The summed E-state index contributed by atoms with van der Waals surface area (Å²) >= 11 is 8.78. The van der Waals surface area contributed by atoms with Crippen LogP contribution in [0.4, 0.5) is 5.69 Å². The molecule has 2 aromatic rings. The van der Waals surface area contributed by atoms with Crippen LogP contribution in [0.1, 0.15) is 43.6 Å². The van der Waals surface area contributed by atoms with Gasteiger partial charge in [0.15, 0.2) is 5.11 Å². The monoisotopic (exact) mass is 434 g/mol. The molecule has 0 unspecified atom stereocenters. The number of anilines is 1. The minimum atomic E-state index is -0.255. The van der Waals surface area contributed by atoms with Crippen LogP contribution in [0.3, 0.4) is 0 Å². The number of thiocarbonyl (C=S) groups is 1. The van der Waals surface area contributed by atoms with Crippen LogP contribution in [-0.2, 0) is 5.41 Å². The van der Waals surface area contributed by atoms with Crippen molar-refractivity contribution >= 4 is 44.9 Å². The van der Waals surface area contributed by atoms with Gasteiger partial charge in [0.1, 0.15) is 5.75 Å². The van der Waals surface area contributed by atoms with Gasteiger partial charge in [-0.15, -0.1) is 0 Å². The number of ether oxygens (including phenoxy) is 1. The molecule has 0 atom stereocenters. The summed E-state index contributed by atoms with van der Waals surface area (Å²) in [6.07, 6.45) is 0. The van der Waals surface area contributed by atoms with Crippen LogP contribution >= 0.6 is 28.1 Å². The number of nitrogens with one attached hydrogen (secondary N) is 2. The summed E-state index contributed by atoms with van der Waals surface area (Å²) in [6, 6.07) is 13.0. The van der Waals surface area contributed by atoms with Crippen molar-refractivity contribution in [2.75, 3.05) is 11.9 Å². The van der Waals surface area contributed by atoms with E-state index in [1.165, 1.54) is 0 Å². The Morgan fingerprint density at radius 3 is 2.35 bits per heavy atom. The Balaban J connectivity index is 2.00. The predicted octanol–water partition coefficient (Wildman–Crippen LogP) is 5.27. The standard InChI is InChI=1S/C20H23BrN2O2S/c1-5-25-15-9-7-14(8-10-15)22-19(26)23-18(24)13-6-11-16(17(21)12-13)20(2,3)4/h6-12H,5H2,1-4H3,(H2,22,23,24,26). The first-order valence-corrected chi connectivity index (χ1v) is 9.56. The third-order valence-electron chi connectivity index (χ3n) is 3.69. The summed E-state index contributed by atoms with van der Waals surface area (Å²) < 4.78 is 6.30. The molecule has 0 radical (unpaired) electrons. The summed E-state index contributed by atoms with van der Waals surface area (Å²) in [4.78, 5) is 12.4. The molecule has 0 aliphatic heterocycles. The van der Waals surface area contributed by atoms with Gasteiger partial charge in [0.25, 0.3) is 5.91 Å². The van der Waals surface area contributed by atoms with Crippen molar-refractivity contribution < 1.29 is 9.53 Å². The van der Waals surface area contributed by atoms with E-state index in [2.05, 4.69) is 47.3 Å².